The molecule has 6 heteroatoms. The second-order valence-electron chi connectivity index (χ2n) is 6.09. The number of aryl methyl sites for hydroxylation is 1. The zero-order valence-electron chi connectivity index (χ0n) is 16.2. The number of methoxy groups -OCH3 is 3. The molecule has 0 saturated carbocycles. The van der Waals surface area contributed by atoms with Crippen LogP contribution in [0, 0.1) is 18.3 Å². The molecule has 3 rings (SSSR count). The second kappa shape index (κ2) is 7.89. The molecule has 0 radical (unpaired) electrons. The van der Waals surface area contributed by atoms with Crippen molar-refractivity contribution in [1.29, 1.82) is 5.26 Å². The summed E-state index contributed by atoms with van der Waals surface area (Å²) in [5, 5.41) is 9.87. The molecule has 0 fully saturated rings. The standard InChI is InChI=1S/C22H21N3O3/c1-13-19(14-8-6-5-7-9-14)20(16(12-23)22(24)25-13)21-17(27-3)10-15(26-2)11-18(21)28-4/h5-11H,1-4H3,(H2,24,25). The van der Waals surface area contributed by atoms with Crippen LogP contribution in [0.4, 0.5) is 5.82 Å². The van der Waals surface area contributed by atoms with Crippen LogP contribution in [0.3, 0.4) is 0 Å². The van der Waals surface area contributed by atoms with E-state index in [2.05, 4.69) is 11.1 Å². The van der Waals surface area contributed by atoms with Crippen LogP contribution >= 0.6 is 0 Å². The van der Waals surface area contributed by atoms with Gasteiger partial charge >= 0.3 is 0 Å². The Hall–Kier alpha value is -3.72. The Labute approximate surface area is 164 Å². The van der Waals surface area contributed by atoms with Gasteiger partial charge in [0.1, 0.15) is 34.7 Å². The van der Waals surface area contributed by atoms with Crippen molar-refractivity contribution in [3.05, 3.63) is 53.7 Å². The third-order valence-electron chi connectivity index (χ3n) is 4.55. The van der Waals surface area contributed by atoms with Gasteiger partial charge in [-0.15, -0.1) is 0 Å². The topological polar surface area (TPSA) is 90.4 Å². The summed E-state index contributed by atoms with van der Waals surface area (Å²) < 4.78 is 16.6. The summed E-state index contributed by atoms with van der Waals surface area (Å²) in [6.07, 6.45) is 0. The van der Waals surface area contributed by atoms with Crippen LogP contribution in [0.5, 0.6) is 17.2 Å². The van der Waals surface area contributed by atoms with Crippen molar-refractivity contribution in [2.24, 2.45) is 0 Å². The fraction of sp³-hybridized carbons (Fsp3) is 0.182. The van der Waals surface area contributed by atoms with E-state index in [1.807, 2.05) is 37.3 Å². The summed E-state index contributed by atoms with van der Waals surface area (Å²) in [4.78, 5) is 4.40. The van der Waals surface area contributed by atoms with E-state index in [4.69, 9.17) is 19.9 Å². The van der Waals surface area contributed by atoms with Crippen LogP contribution in [0.15, 0.2) is 42.5 Å². The Bertz CT molecular complexity index is 1030. The van der Waals surface area contributed by atoms with Crippen LogP contribution < -0.4 is 19.9 Å². The minimum absolute atomic E-state index is 0.162. The minimum Gasteiger partial charge on any atom is -0.496 e. The number of rotatable bonds is 5. The quantitative estimate of drug-likeness (QED) is 0.719. The van der Waals surface area contributed by atoms with E-state index in [1.165, 1.54) is 0 Å². The van der Waals surface area contributed by atoms with E-state index in [0.717, 1.165) is 11.1 Å². The predicted molar refractivity (Wildman–Crippen MR) is 109 cm³/mol. The van der Waals surface area contributed by atoms with Crippen LogP contribution in [-0.4, -0.2) is 26.3 Å². The lowest BCUT2D eigenvalue weighted by molar-refractivity contribution is 0.377. The van der Waals surface area contributed by atoms with E-state index in [-0.39, 0.29) is 11.4 Å². The van der Waals surface area contributed by atoms with Crippen molar-refractivity contribution < 1.29 is 14.2 Å². The van der Waals surface area contributed by atoms with E-state index >= 15 is 0 Å². The predicted octanol–water partition coefficient (Wildman–Crippen LogP) is 4.20. The average molecular weight is 375 g/mol. The van der Waals surface area contributed by atoms with Gasteiger partial charge in [-0.3, -0.25) is 0 Å². The molecule has 3 aromatic rings. The molecule has 0 aliphatic carbocycles. The molecule has 6 nitrogen and oxygen atoms in total. The van der Waals surface area contributed by atoms with Crippen molar-refractivity contribution in [2.75, 3.05) is 27.1 Å². The molecular weight excluding hydrogens is 354 g/mol. The molecule has 142 valence electrons. The Balaban J connectivity index is 2.51. The summed E-state index contributed by atoms with van der Waals surface area (Å²) in [5.74, 6) is 1.76. The van der Waals surface area contributed by atoms with Crippen LogP contribution in [0.25, 0.3) is 22.3 Å². The number of benzene rings is 2. The highest BCUT2D eigenvalue weighted by Gasteiger charge is 2.25. The normalized spacial score (nSPS) is 10.2. The van der Waals surface area contributed by atoms with Gasteiger partial charge in [0.05, 0.1) is 26.9 Å². The van der Waals surface area contributed by atoms with Crippen molar-refractivity contribution in [3.8, 4) is 45.6 Å². The highest BCUT2D eigenvalue weighted by molar-refractivity contribution is 5.95. The van der Waals surface area contributed by atoms with Gasteiger partial charge in [0.2, 0.25) is 0 Å². The third-order valence-corrected chi connectivity index (χ3v) is 4.55. The summed E-state index contributed by atoms with van der Waals surface area (Å²) in [6, 6.07) is 15.4. The van der Waals surface area contributed by atoms with Gasteiger partial charge in [-0.2, -0.15) is 5.26 Å². The molecule has 2 N–H and O–H groups in total. The number of hydrogen-bond acceptors (Lipinski definition) is 6. The number of nitrogens with two attached hydrogens (primary N) is 1. The molecule has 0 atom stereocenters. The molecular formula is C22H21N3O3. The SMILES string of the molecule is COc1cc(OC)c(-c2c(C#N)c(N)nc(C)c2-c2ccccc2)c(OC)c1. The minimum atomic E-state index is 0.162. The maximum Gasteiger partial charge on any atom is 0.142 e. The maximum atomic E-state index is 9.87. The molecule has 0 aliphatic rings. The summed E-state index contributed by atoms with van der Waals surface area (Å²) >= 11 is 0. The summed E-state index contributed by atoms with van der Waals surface area (Å²) in [5.41, 5.74) is 10.1. The molecule has 0 saturated heterocycles. The smallest absolute Gasteiger partial charge is 0.142 e. The number of nitrogens with zero attached hydrogens (tertiary/aromatic N) is 2. The molecule has 0 unspecified atom stereocenters. The Morgan fingerprint density at radius 2 is 1.50 bits per heavy atom. The highest BCUT2D eigenvalue weighted by Crippen LogP contribution is 2.48. The van der Waals surface area contributed by atoms with E-state index in [1.54, 1.807) is 33.5 Å². The first-order valence-corrected chi connectivity index (χ1v) is 8.61. The first-order valence-electron chi connectivity index (χ1n) is 8.61. The van der Waals surface area contributed by atoms with Crippen molar-refractivity contribution in [3.63, 3.8) is 0 Å². The van der Waals surface area contributed by atoms with E-state index in [9.17, 15) is 5.26 Å². The third kappa shape index (κ3) is 3.19. The fourth-order valence-electron chi connectivity index (χ4n) is 3.30. The monoisotopic (exact) mass is 375 g/mol. The number of pyridine rings is 1. The zero-order chi connectivity index (χ0) is 20.3. The number of ether oxygens (including phenoxy) is 3. The Kier molecular flexibility index (Phi) is 5.37. The highest BCUT2D eigenvalue weighted by atomic mass is 16.5. The van der Waals surface area contributed by atoms with Crippen molar-refractivity contribution in [1.82, 2.24) is 4.98 Å². The number of hydrogen-bond donors (Lipinski definition) is 1. The largest absolute Gasteiger partial charge is 0.496 e. The van der Waals surface area contributed by atoms with Crippen LogP contribution in [0.1, 0.15) is 11.3 Å². The number of nitriles is 1. The van der Waals surface area contributed by atoms with Gasteiger partial charge in [0.15, 0.2) is 0 Å². The van der Waals surface area contributed by atoms with Gasteiger partial charge in [-0.25, -0.2) is 4.98 Å². The Morgan fingerprint density at radius 3 is 2.00 bits per heavy atom. The van der Waals surface area contributed by atoms with Crippen molar-refractivity contribution >= 4 is 5.82 Å². The molecule has 1 heterocycles. The lowest BCUT2D eigenvalue weighted by Crippen LogP contribution is -2.05. The van der Waals surface area contributed by atoms with Gasteiger partial charge in [-0.1, -0.05) is 30.3 Å². The maximum absolute atomic E-state index is 9.87. The molecule has 28 heavy (non-hydrogen) atoms. The van der Waals surface area contributed by atoms with Crippen molar-refractivity contribution in [2.45, 2.75) is 6.92 Å². The lowest BCUT2D eigenvalue weighted by Gasteiger charge is -2.21. The molecule has 0 aliphatic heterocycles. The van der Waals surface area contributed by atoms with E-state index in [0.29, 0.717) is 34.1 Å². The van der Waals surface area contributed by atoms with Gasteiger partial charge in [0, 0.05) is 29.0 Å². The molecule has 1 aromatic heterocycles. The summed E-state index contributed by atoms with van der Waals surface area (Å²) in [6.45, 7) is 1.87. The molecule has 2 aromatic carbocycles. The summed E-state index contributed by atoms with van der Waals surface area (Å²) in [7, 11) is 4.69. The van der Waals surface area contributed by atoms with E-state index < -0.39 is 0 Å². The fourth-order valence-corrected chi connectivity index (χ4v) is 3.30. The van der Waals surface area contributed by atoms with Gasteiger partial charge in [0.25, 0.3) is 0 Å². The molecule has 0 bridgehead atoms. The zero-order valence-corrected chi connectivity index (χ0v) is 16.2. The number of aromatic nitrogens is 1. The lowest BCUT2D eigenvalue weighted by atomic mass is 9.89. The van der Waals surface area contributed by atoms with Gasteiger partial charge in [-0.05, 0) is 12.5 Å². The Morgan fingerprint density at radius 1 is 0.893 bits per heavy atom. The van der Waals surface area contributed by atoms with Gasteiger partial charge < -0.3 is 19.9 Å². The number of anilines is 1. The molecule has 0 spiro atoms. The second-order valence-corrected chi connectivity index (χ2v) is 6.09. The average Bonchev–Trinajstić information content (AvgIpc) is 2.72. The van der Waals surface area contributed by atoms with Crippen LogP contribution in [-0.2, 0) is 0 Å². The molecule has 0 amide bonds. The number of nitrogen functional groups attached to an aromatic ring is 1. The van der Waals surface area contributed by atoms with Crippen LogP contribution in [0.2, 0.25) is 0 Å². The first kappa shape index (κ1) is 19.1. The first-order chi connectivity index (χ1) is 13.5.